The van der Waals surface area contributed by atoms with Gasteiger partial charge in [0.15, 0.2) is 0 Å². The number of carbonyl (C=O) groups is 2. The molecule has 2 N–H and O–H groups in total. The molecule has 0 atom stereocenters. The summed E-state index contributed by atoms with van der Waals surface area (Å²) >= 11 is 0. The van der Waals surface area contributed by atoms with Crippen molar-refractivity contribution in [1.82, 2.24) is 4.98 Å². The molecule has 5 heteroatoms. The predicted molar refractivity (Wildman–Crippen MR) is 71.0 cm³/mol. The van der Waals surface area contributed by atoms with E-state index in [0.29, 0.717) is 28.1 Å². The van der Waals surface area contributed by atoms with Gasteiger partial charge in [0.25, 0.3) is 11.8 Å². The molecule has 0 saturated heterocycles. The van der Waals surface area contributed by atoms with Gasteiger partial charge in [0.2, 0.25) is 0 Å². The van der Waals surface area contributed by atoms with Gasteiger partial charge in [-0.05, 0) is 30.7 Å². The summed E-state index contributed by atoms with van der Waals surface area (Å²) < 4.78 is 0. The molecule has 5 nitrogen and oxygen atoms in total. The van der Waals surface area contributed by atoms with Crippen LogP contribution in [0, 0.1) is 6.92 Å². The second-order valence-electron chi connectivity index (χ2n) is 4.36. The maximum absolute atomic E-state index is 12.3. The molecule has 2 aromatic rings. The van der Waals surface area contributed by atoms with E-state index in [9.17, 15) is 9.59 Å². The largest absolute Gasteiger partial charge is 0.398 e. The molecule has 1 aliphatic rings. The molecule has 94 valence electrons. The quantitative estimate of drug-likeness (QED) is 0.620. The van der Waals surface area contributed by atoms with Crippen LogP contribution in [0.25, 0.3) is 0 Å². The lowest BCUT2D eigenvalue weighted by atomic mass is 10.1. The van der Waals surface area contributed by atoms with E-state index in [1.165, 1.54) is 12.4 Å². The minimum Gasteiger partial charge on any atom is -0.398 e. The first kappa shape index (κ1) is 11.4. The molecule has 0 saturated carbocycles. The summed E-state index contributed by atoms with van der Waals surface area (Å²) in [6.07, 6.45) is 2.91. The zero-order chi connectivity index (χ0) is 13.6. The van der Waals surface area contributed by atoms with Crippen molar-refractivity contribution >= 4 is 23.2 Å². The summed E-state index contributed by atoms with van der Waals surface area (Å²) in [6.45, 7) is 1.78. The lowest BCUT2D eigenvalue weighted by molar-refractivity contribution is 0.0926. The molecule has 19 heavy (non-hydrogen) atoms. The second-order valence-corrected chi connectivity index (χ2v) is 4.36. The fourth-order valence-electron chi connectivity index (χ4n) is 2.19. The lowest BCUT2D eigenvalue weighted by Gasteiger charge is -2.17. The monoisotopic (exact) mass is 253 g/mol. The topological polar surface area (TPSA) is 76.3 Å². The van der Waals surface area contributed by atoms with Crippen LogP contribution in [-0.2, 0) is 0 Å². The van der Waals surface area contributed by atoms with Crippen molar-refractivity contribution in [1.29, 1.82) is 0 Å². The lowest BCUT2D eigenvalue weighted by Crippen LogP contribution is -2.30. The van der Waals surface area contributed by atoms with Crippen LogP contribution in [0.3, 0.4) is 0 Å². The number of amides is 2. The first-order valence-corrected chi connectivity index (χ1v) is 5.79. The van der Waals surface area contributed by atoms with Gasteiger partial charge in [0, 0.05) is 18.1 Å². The highest BCUT2D eigenvalue weighted by atomic mass is 16.2. The SMILES string of the molecule is Cc1c(N)cccc1N1C(=O)c2ccncc2C1=O. The minimum absolute atomic E-state index is 0.328. The number of hydrogen-bond acceptors (Lipinski definition) is 4. The third-order valence-electron chi connectivity index (χ3n) is 3.28. The van der Waals surface area contributed by atoms with Crippen LogP contribution in [-0.4, -0.2) is 16.8 Å². The number of nitrogens with zero attached hydrogens (tertiary/aromatic N) is 2. The highest BCUT2D eigenvalue weighted by Gasteiger charge is 2.37. The Morgan fingerprint density at radius 1 is 1.11 bits per heavy atom. The van der Waals surface area contributed by atoms with Gasteiger partial charge in [-0.1, -0.05) is 6.07 Å². The summed E-state index contributed by atoms with van der Waals surface area (Å²) in [5.41, 5.74) is 8.31. The first-order chi connectivity index (χ1) is 9.11. The van der Waals surface area contributed by atoms with Crippen LogP contribution in [0.5, 0.6) is 0 Å². The van der Waals surface area contributed by atoms with Crippen LogP contribution in [0.15, 0.2) is 36.7 Å². The first-order valence-electron chi connectivity index (χ1n) is 5.79. The van der Waals surface area contributed by atoms with Crippen molar-refractivity contribution in [3.63, 3.8) is 0 Å². The van der Waals surface area contributed by atoms with Crippen LogP contribution in [0.2, 0.25) is 0 Å². The fraction of sp³-hybridized carbons (Fsp3) is 0.0714. The molecule has 0 fully saturated rings. The molecule has 2 heterocycles. The molecule has 0 radical (unpaired) electrons. The maximum atomic E-state index is 12.3. The van der Waals surface area contributed by atoms with Crippen LogP contribution >= 0.6 is 0 Å². The number of nitrogen functional groups attached to an aromatic ring is 1. The van der Waals surface area contributed by atoms with Crippen molar-refractivity contribution in [2.75, 3.05) is 10.6 Å². The van der Waals surface area contributed by atoms with E-state index in [1.807, 2.05) is 0 Å². The molecule has 0 unspecified atom stereocenters. The Morgan fingerprint density at radius 3 is 2.58 bits per heavy atom. The Bertz CT molecular complexity index is 675. The molecular formula is C14H11N3O2. The zero-order valence-electron chi connectivity index (χ0n) is 10.3. The smallest absolute Gasteiger partial charge is 0.267 e. The number of pyridine rings is 1. The second kappa shape index (κ2) is 3.91. The van der Waals surface area contributed by atoms with Gasteiger partial charge >= 0.3 is 0 Å². The number of nitrogens with two attached hydrogens (primary N) is 1. The van der Waals surface area contributed by atoms with E-state index in [2.05, 4.69) is 4.98 Å². The molecule has 0 bridgehead atoms. The number of carbonyl (C=O) groups excluding carboxylic acids is 2. The number of fused-ring (bicyclic) bond motifs is 1. The number of rotatable bonds is 1. The summed E-state index contributed by atoms with van der Waals surface area (Å²) in [6, 6.07) is 6.72. The average Bonchev–Trinajstić information content (AvgIpc) is 2.67. The summed E-state index contributed by atoms with van der Waals surface area (Å²) in [5, 5.41) is 0. The van der Waals surface area contributed by atoms with Crippen molar-refractivity contribution in [3.05, 3.63) is 53.3 Å². The van der Waals surface area contributed by atoms with E-state index in [0.717, 1.165) is 4.90 Å². The zero-order valence-corrected chi connectivity index (χ0v) is 10.3. The minimum atomic E-state index is -0.359. The summed E-state index contributed by atoms with van der Waals surface area (Å²) in [4.78, 5) is 29.6. The Morgan fingerprint density at radius 2 is 1.84 bits per heavy atom. The normalized spacial score (nSPS) is 13.8. The van der Waals surface area contributed by atoms with Gasteiger partial charge < -0.3 is 5.73 Å². The van der Waals surface area contributed by atoms with E-state index in [1.54, 1.807) is 31.2 Å². The molecule has 1 aliphatic heterocycles. The molecule has 2 amide bonds. The number of benzene rings is 1. The Kier molecular flexibility index (Phi) is 2.35. The van der Waals surface area contributed by atoms with Gasteiger partial charge in [-0.15, -0.1) is 0 Å². The Labute approximate surface area is 109 Å². The highest BCUT2D eigenvalue weighted by Crippen LogP contribution is 2.31. The molecule has 0 aliphatic carbocycles. The molecule has 0 spiro atoms. The summed E-state index contributed by atoms with van der Waals surface area (Å²) in [5.74, 6) is -0.696. The third-order valence-corrected chi connectivity index (χ3v) is 3.28. The van der Waals surface area contributed by atoms with Crippen molar-refractivity contribution in [2.45, 2.75) is 6.92 Å². The Hall–Kier alpha value is -2.69. The molecule has 1 aromatic carbocycles. The number of hydrogen-bond donors (Lipinski definition) is 1. The van der Waals surface area contributed by atoms with E-state index >= 15 is 0 Å². The fourth-order valence-corrected chi connectivity index (χ4v) is 2.19. The van der Waals surface area contributed by atoms with Gasteiger partial charge in [-0.2, -0.15) is 0 Å². The van der Waals surface area contributed by atoms with Gasteiger partial charge in [0.05, 0.1) is 16.8 Å². The number of anilines is 2. The van der Waals surface area contributed by atoms with Gasteiger partial charge in [-0.3, -0.25) is 14.6 Å². The highest BCUT2D eigenvalue weighted by molar-refractivity contribution is 6.34. The molecular weight excluding hydrogens is 242 g/mol. The van der Waals surface area contributed by atoms with Crippen LogP contribution < -0.4 is 10.6 Å². The van der Waals surface area contributed by atoms with E-state index < -0.39 is 0 Å². The number of aromatic nitrogens is 1. The van der Waals surface area contributed by atoms with Crippen molar-refractivity contribution in [2.24, 2.45) is 0 Å². The standard InChI is InChI=1S/C14H11N3O2/c1-8-11(15)3-2-4-12(8)17-13(18)9-5-6-16-7-10(9)14(17)19/h2-7H,15H2,1H3. The van der Waals surface area contributed by atoms with E-state index in [4.69, 9.17) is 5.73 Å². The van der Waals surface area contributed by atoms with Crippen molar-refractivity contribution < 1.29 is 9.59 Å². The third kappa shape index (κ3) is 1.52. The average molecular weight is 253 g/mol. The Balaban J connectivity index is 2.17. The van der Waals surface area contributed by atoms with Crippen LogP contribution in [0.1, 0.15) is 26.3 Å². The van der Waals surface area contributed by atoms with Crippen molar-refractivity contribution in [3.8, 4) is 0 Å². The van der Waals surface area contributed by atoms with Gasteiger partial charge in [-0.25, -0.2) is 4.90 Å². The predicted octanol–water partition coefficient (Wildman–Crippen LogP) is 1.77. The molecule has 3 rings (SSSR count). The molecule has 1 aromatic heterocycles. The maximum Gasteiger partial charge on any atom is 0.267 e. The van der Waals surface area contributed by atoms with Gasteiger partial charge in [0.1, 0.15) is 0 Å². The summed E-state index contributed by atoms with van der Waals surface area (Å²) in [7, 11) is 0. The van der Waals surface area contributed by atoms with Crippen LogP contribution in [0.4, 0.5) is 11.4 Å². The number of imide groups is 1. The van der Waals surface area contributed by atoms with E-state index in [-0.39, 0.29) is 11.8 Å².